The zero-order valence-corrected chi connectivity index (χ0v) is 21.7. The van der Waals surface area contributed by atoms with Crippen molar-refractivity contribution in [3.8, 4) is 17.6 Å². The predicted molar refractivity (Wildman–Crippen MR) is 140 cm³/mol. The Kier molecular flexibility index (Phi) is 8.19. The van der Waals surface area contributed by atoms with Crippen LogP contribution in [0.25, 0.3) is 0 Å². The molecular weight excluding hydrogens is 493 g/mol. The van der Waals surface area contributed by atoms with Crippen LogP contribution in [0.5, 0.6) is 5.75 Å². The number of nitrogens with zero attached hydrogens (tertiary/aromatic N) is 1. The highest BCUT2D eigenvalue weighted by molar-refractivity contribution is 5.94. The number of carbonyl (C=O) groups excluding carboxylic acids is 1. The van der Waals surface area contributed by atoms with Crippen LogP contribution in [0.3, 0.4) is 0 Å². The van der Waals surface area contributed by atoms with Crippen LogP contribution < -0.4 is 10.1 Å². The predicted octanol–water partition coefficient (Wildman–Crippen LogP) is 4.95. The fourth-order valence-corrected chi connectivity index (χ4v) is 6.07. The summed E-state index contributed by atoms with van der Waals surface area (Å²) in [5.41, 5.74) is -0.0960. The molecule has 0 aromatic heterocycles. The molecule has 1 saturated heterocycles. The van der Waals surface area contributed by atoms with Gasteiger partial charge >= 0.3 is 6.18 Å². The molecule has 2 fully saturated rings. The summed E-state index contributed by atoms with van der Waals surface area (Å²) in [4.78, 5) is 15.1. The van der Waals surface area contributed by atoms with Crippen molar-refractivity contribution in [2.45, 2.75) is 48.9 Å². The van der Waals surface area contributed by atoms with E-state index in [9.17, 15) is 18.0 Å². The van der Waals surface area contributed by atoms with Crippen molar-refractivity contribution in [2.75, 3.05) is 33.9 Å². The second-order valence-electron chi connectivity index (χ2n) is 10.0. The molecular formula is C30H33F3N2O3. The number of ether oxygens (including phenoxy) is 2. The van der Waals surface area contributed by atoms with Crippen LogP contribution in [0, 0.1) is 11.8 Å². The minimum absolute atomic E-state index is 0.134. The van der Waals surface area contributed by atoms with Gasteiger partial charge in [0.25, 0.3) is 5.91 Å². The summed E-state index contributed by atoms with van der Waals surface area (Å²) in [6.45, 7) is 6.29. The second-order valence-corrected chi connectivity index (χ2v) is 10.0. The van der Waals surface area contributed by atoms with Gasteiger partial charge in [-0.2, -0.15) is 13.2 Å². The third-order valence-corrected chi connectivity index (χ3v) is 7.97. The fourth-order valence-electron chi connectivity index (χ4n) is 6.07. The van der Waals surface area contributed by atoms with E-state index in [1.165, 1.54) is 12.1 Å². The molecule has 1 amide bonds. The van der Waals surface area contributed by atoms with Gasteiger partial charge in [-0.15, -0.1) is 6.58 Å². The fraction of sp³-hybridized carbons (Fsp3) is 0.433. The molecule has 5 nitrogen and oxygen atoms in total. The maximum atomic E-state index is 12.8. The first-order valence-electron chi connectivity index (χ1n) is 12.7. The Balaban J connectivity index is 1.56. The number of rotatable bonds is 6. The maximum absolute atomic E-state index is 12.8. The van der Waals surface area contributed by atoms with Crippen molar-refractivity contribution >= 4 is 5.91 Å². The van der Waals surface area contributed by atoms with Gasteiger partial charge in [-0.25, -0.2) is 0 Å². The van der Waals surface area contributed by atoms with Gasteiger partial charge < -0.3 is 14.8 Å². The summed E-state index contributed by atoms with van der Waals surface area (Å²) in [5, 5.41) is 3.05. The van der Waals surface area contributed by atoms with E-state index in [1.54, 1.807) is 14.2 Å². The number of hydrogen-bond acceptors (Lipinski definition) is 4. The number of piperidine rings is 1. The van der Waals surface area contributed by atoms with Crippen molar-refractivity contribution in [2.24, 2.45) is 0 Å². The molecule has 0 spiro atoms. The van der Waals surface area contributed by atoms with Gasteiger partial charge in [-0.3, -0.25) is 9.69 Å². The zero-order valence-electron chi connectivity index (χ0n) is 21.7. The molecule has 1 aliphatic heterocycles. The maximum Gasteiger partial charge on any atom is 0.416 e. The zero-order chi connectivity index (χ0) is 27.4. The van der Waals surface area contributed by atoms with E-state index in [-0.39, 0.29) is 11.5 Å². The molecule has 4 rings (SSSR count). The van der Waals surface area contributed by atoms with Crippen LogP contribution in [0.4, 0.5) is 13.2 Å². The number of alkyl halides is 3. The molecule has 3 atom stereocenters. The second kappa shape index (κ2) is 11.2. The van der Waals surface area contributed by atoms with Crippen molar-refractivity contribution in [1.29, 1.82) is 0 Å². The quantitative estimate of drug-likeness (QED) is 0.428. The lowest BCUT2D eigenvalue weighted by molar-refractivity contribution is -0.148. The average Bonchev–Trinajstić information content (AvgIpc) is 2.92. The standard InChI is InChI=1S/C30H33F3N2O3/c1-4-17-35-18-16-28(24-6-5-7-26(19-24)37-2)20-25(14-15-29(28,21-35)38-3)34-27(36)13-10-22-8-11-23(12-9-22)30(31,32)33/h4-9,11-12,19,25H,1,14-18,20-21H2,2-3H3,(H,34,36)/t25-,28-,29-/m0/s1. The molecule has 0 bridgehead atoms. The minimum Gasteiger partial charge on any atom is -0.497 e. The summed E-state index contributed by atoms with van der Waals surface area (Å²) >= 11 is 0. The van der Waals surface area contributed by atoms with Gasteiger partial charge in [0.2, 0.25) is 0 Å². The van der Waals surface area contributed by atoms with E-state index >= 15 is 0 Å². The van der Waals surface area contributed by atoms with Gasteiger partial charge in [0.15, 0.2) is 0 Å². The smallest absolute Gasteiger partial charge is 0.416 e. The summed E-state index contributed by atoms with van der Waals surface area (Å²) < 4.78 is 50.3. The van der Waals surface area contributed by atoms with Gasteiger partial charge in [0.05, 0.1) is 18.3 Å². The summed E-state index contributed by atoms with van der Waals surface area (Å²) in [7, 11) is 3.41. The Hall–Kier alpha value is -3.28. The largest absolute Gasteiger partial charge is 0.497 e. The van der Waals surface area contributed by atoms with Crippen molar-refractivity contribution in [3.63, 3.8) is 0 Å². The number of fused-ring (bicyclic) bond motifs is 1. The Labute approximate surface area is 222 Å². The number of carbonyl (C=O) groups is 1. The van der Waals surface area contributed by atoms with E-state index in [0.717, 1.165) is 62.3 Å². The van der Waals surface area contributed by atoms with Crippen LogP contribution >= 0.6 is 0 Å². The molecule has 38 heavy (non-hydrogen) atoms. The van der Waals surface area contributed by atoms with Gasteiger partial charge in [0.1, 0.15) is 5.75 Å². The number of halogens is 3. The molecule has 2 aromatic carbocycles. The first kappa shape index (κ1) is 27.7. The molecule has 2 aliphatic rings. The first-order chi connectivity index (χ1) is 18.1. The molecule has 202 valence electrons. The molecule has 0 unspecified atom stereocenters. The van der Waals surface area contributed by atoms with Crippen LogP contribution in [0.2, 0.25) is 0 Å². The number of benzene rings is 2. The van der Waals surface area contributed by atoms with Gasteiger partial charge in [0, 0.05) is 43.1 Å². The van der Waals surface area contributed by atoms with E-state index in [2.05, 4.69) is 40.8 Å². The third kappa shape index (κ3) is 5.59. The van der Waals surface area contributed by atoms with Crippen molar-refractivity contribution in [1.82, 2.24) is 10.2 Å². The van der Waals surface area contributed by atoms with E-state index in [0.29, 0.717) is 12.0 Å². The number of hydrogen-bond donors (Lipinski definition) is 1. The highest BCUT2D eigenvalue weighted by Crippen LogP contribution is 2.53. The average molecular weight is 527 g/mol. The van der Waals surface area contributed by atoms with E-state index < -0.39 is 23.2 Å². The van der Waals surface area contributed by atoms with Crippen LogP contribution in [-0.2, 0) is 21.1 Å². The van der Waals surface area contributed by atoms with Crippen LogP contribution in [0.15, 0.2) is 61.2 Å². The summed E-state index contributed by atoms with van der Waals surface area (Å²) in [6, 6.07) is 12.4. The number of methoxy groups -OCH3 is 2. The van der Waals surface area contributed by atoms with E-state index in [4.69, 9.17) is 9.47 Å². The first-order valence-corrected chi connectivity index (χ1v) is 12.7. The molecule has 2 aromatic rings. The van der Waals surface area contributed by atoms with Crippen LogP contribution in [-0.4, -0.2) is 56.3 Å². The Morgan fingerprint density at radius 3 is 2.63 bits per heavy atom. The molecule has 1 heterocycles. The third-order valence-electron chi connectivity index (χ3n) is 7.97. The minimum atomic E-state index is -4.41. The van der Waals surface area contributed by atoms with Crippen molar-refractivity contribution in [3.05, 3.63) is 77.9 Å². The molecule has 0 radical (unpaired) electrons. The topological polar surface area (TPSA) is 50.8 Å². The molecule has 8 heteroatoms. The highest BCUT2D eigenvalue weighted by atomic mass is 19.4. The number of nitrogens with one attached hydrogen (secondary N) is 1. The lowest BCUT2D eigenvalue weighted by atomic mass is 9.55. The van der Waals surface area contributed by atoms with Crippen LogP contribution in [0.1, 0.15) is 42.4 Å². The van der Waals surface area contributed by atoms with Crippen molar-refractivity contribution < 1.29 is 27.4 Å². The lowest BCUT2D eigenvalue weighted by Gasteiger charge is -2.59. The normalized spacial score (nSPS) is 25.4. The number of likely N-dealkylation sites (tertiary alicyclic amines) is 1. The Bertz CT molecular complexity index is 1220. The number of amides is 1. The van der Waals surface area contributed by atoms with Gasteiger partial charge in [-0.05, 0) is 74.2 Å². The molecule has 1 aliphatic carbocycles. The molecule has 1 N–H and O–H groups in total. The SMILES string of the molecule is C=CCN1CC[C@@]2(c3cccc(OC)c3)C[C@@H](NC(=O)C#Cc3ccc(C(F)(F)F)cc3)CC[C@]2(OC)C1. The summed E-state index contributed by atoms with van der Waals surface area (Å²) in [5.74, 6) is 5.53. The monoisotopic (exact) mass is 526 g/mol. The molecule has 1 saturated carbocycles. The highest BCUT2D eigenvalue weighted by Gasteiger charge is 2.58. The Morgan fingerprint density at radius 1 is 1.21 bits per heavy atom. The lowest BCUT2D eigenvalue weighted by Crippen LogP contribution is -2.67. The van der Waals surface area contributed by atoms with Gasteiger partial charge in [-0.1, -0.05) is 24.1 Å². The van der Waals surface area contributed by atoms with E-state index in [1.807, 2.05) is 18.2 Å². The summed E-state index contributed by atoms with van der Waals surface area (Å²) in [6.07, 6.45) is 0.460. The Morgan fingerprint density at radius 2 is 1.97 bits per heavy atom.